The molecule has 7 heteroatoms. The van der Waals surface area contributed by atoms with Crippen LogP contribution in [0.2, 0.25) is 0 Å². The number of benzene rings is 2. The van der Waals surface area contributed by atoms with Gasteiger partial charge in [0.25, 0.3) is 0 Å². The lowest BCUT2D eigenvalue weighted by molar-refractivity contribution is 0.0967. The summed E-state index contributed by atoms with van der Waals surface area (Å²) in [7, 11) is 0. The third kappa shape index (κ3) is 4.46. The summed E-state index contributed by atoms with van der Waals surface area (Å²) in [6, 6.07) is 22.4. The van der Waals surface area contributed by atoms with Gasteiger partial charge in [-0.2, -0.15) is 0 Å². The third-order valence-corrected chi connectivity index (χ3v) is 8.35. The fourth-order valence-electron chi connectivity index (χ4n) is 4.51. The molecule has 0 radical (unpaired) electrons. The Labute approximate surface area is 212 Å². The molecular formula is C27H23ClN2O2S2. The number of thiophene rings is 1. The van der Waals surface area contributed by atoms with Crippen molar-refractivity contribution in [3.8, 4) is 10.6 Å². The van der Waals surface area contributed by atoms with E-state index in [4.69, 9.17) is 9.40 Å². The Bertz CT molecular complexity index is 1390. The first kappa shape index (κ1) is 23.0. The standard InChI is InChI=1S/C27H22N2O2S2.ClH/c30-21(22-10-6-14-31-22)15-24-26(27-28-20-9-4-5-11-23(20)33-27)19-12-13-29(17-25(19)32-24)16-18-7-2-1-3-8-18;/h1-11,14H,12-13,15-17H2;1H. The van der Waals surface area contributed by atoms with Crippen molar-refractivity contribution in [2.45, 2.75) is 25.9 Å². The summed E-state index contributed by atoms with van der Waals surface area (Å²) < 4.78 is 6.56. The zero-order valence-electron chi connectivity index (χ0n) is 18.4. The number of hydrogen-bond donors (Lipinski definition) is 0. The minimum absolute atomic E-state index is 0. The smallest absolute Gasteiger partial charge is 0.203 e. The van der Waals surface area contributed by atoms with Crippen LogP contribution in [-0.2, 0) is 25.9 Å². The Hall–Kier alpha value is -2.77. The van der Waals surface area contributed by atoms with Crippen molar-refractivity contribution in [3.05, 3.63) is 99.6 Å². The Balaban J connectivity index is 0.00000241. The molecule has 0 fully saturated rings. The van der Waals surface area contributed by atoms with Crippen molar-refractivity contribution in [1.29, 1.82) is 0 Å². The first-order chi connectivity index (χ1) is 16.2. The van der Waals surface area contributed by atoms with Gasteiger partial charge in [-0.15, -0.1) is 35.1 Å². The highest BCUT2D eigenvalue weighted by Gasteiger charge is 2.28. The van der Waals surface area contributed by atoms with E-state index < -0.39 is 0 Å². The van der Waals surface area contributed by atoms with Gasteiger partial charge >= 0.3 is 0 Å². The Kier molecular flexibility index (Phi) is 6.66. The van der Waals surface area contributed by atoms with Crippen LogP contribution in [0.1, 0.15) is 31.4 Å². The predicted molar refractivity (Wildman–Crippen MR) is 141 cm³/mol. The van der Waals surface area contributed by atoms with E-state index in [0.717, 1.165) is 41.5 Å². The van der Waals surface area contributed by atoms with E-state index in [2.05, 4.69) is 53.4 Å². The molecule has 34 heavy (non-hydrogen) atoms. The van der Waals surface area contributed by atoms with Crippen molar-refractivity contribution < 1.29 is 9.21 Å². The number of halogens is 1. The molecule has 0 saturated heterocycles. The number of aromatic nitrogens is 1. The van der Waals surface area contributed by atoms with Crippen molar-refractivity contribution in [1.82, 2.24) is 9.88 Å². The Morgan fingerprint density at radius 3 is 2.62 bits per heavy atom. The second kappa shape index (κ2) is 9.84. The van der Waals surface area contributed by atoms with E-state index in [1.807, 2.05) is 6.07 Å². The molecule has 1 aliphatic rings. The zero-order valence-corrected chi connectivity index (χ0v) is 20.8. The molecular weight excluding hydrogens is 484 g/mol. The summed E-state index contributed by atoms with van der Waals surface area (Å²) in [6.45, 7) is 2.85. The number of Topliss-reactive ketones (excluding diaryl/α,β-unsaturated/α-hetero) is 1. The number of thiazole rings is 1. The average molecular weight is 507 g/mol. The van der Waals surface area contributed by atoms with Crippen LogP contribution >= 0.6 is 35.1 Å². The lowest BCUT2D eigenvalue weighted by atomic mass is 9.99. The van der Waals surface area contributed by atoms with Gasteiger partial charge in [0.15, 0.2) is 5.76 Å². The van der Waals surface area contributed by atoms with Gasteiger partial charge in [0.2, 0.25) is 5.78 Å². The monoisotopic (exact) mass is 506 g/mol. The highest BCUT2D eigenvalue weighted by atomic mass is 35.5. The number of ketones is 1. The first-order valence-electron chi connectivity index (χ1n) is 11.1. The van der Waals surface area contributed by atoms with E-state index in [-0.39, 0.29) is 18.2 Å². The zero-order chi connectivity index (χ0) is 22.2. The molecule has 4 heterocycles. The normalized spacial score (nSPS) is 13.5. The number of rotatable bonds is 6. The van der Waals surface area contributed by atoms with Crippen LogP contribution in [-0.4, -0.2) is 22.2 Å². The number of fused-ring (bicyclic) bond motifs is 2. The van der Waals surface area contributed by atoms with Gasteiger partial charge in [-0.05, 0) is 41.8 Å². The molecule has 0 spiro atoms. The van der Waals surface area contributed by atoms with E-state index in [1.54, 1.807) is 41.1 Å². The van der Waals surface area contributed by atoms with E-state index in [9.17, 15) is 4.79 Å². The van der Waals surface area contributed by atoms with Gasteiger partial charge in [-0.3, -0.25) is 9.69 Å². The number of para-hydroxylation sites is 1. The molecule has 1 aliphatic heterocycles. The van der Waals surface area contributed by atoms with Crippen LogP contribution in [0.5, 0.6) is 0 Å². The Morgan fingerprint density at radius 2 is 1.82 bits per heavy atom. The molecule has 4 nitrogen and oxygen atoms in total. The molecule has 0 unspecified atom stereocenters. The molecule has 172 valence electrons. The molecule has 6 rings (SSSR count). The molecule has 0 amide bonds. The number of carbonyl (C=O) groups excluding carboxylic acids is 1. The van der Waals surface area contributed by atoms with Crippen LogP contribution in [0.3, 0.4) is 0 Å². The number of hydrogen-bond acceptors (Lipinski definition) is 6. The van der Waals surface area contributed by atoms with E-state index in [1.165, 1.54) is 26.3 Å². The molecule has 0 N–H and O–H groups in total. The van der Waals surface area contributed by atoms with Crippen LogP contribution < -0.4 is 0 Å². The third-order valence-electron chi connectivity index (χ3n) is 6.08. The molecule has 0 atom stereocenters. The minimum atomic E-state index is 0. The molecule has 0 aliphatic carbocycles. The summed E-state index contributed by atoms with van der Waals surface area (Å²) in [5.41, 5.74) is 4.89. The first-order valence-corrected chi connectivity index (χ1v) is 12.7. The summed E-state index contributed by atoms with van der Waals surface area (Å²) in [6.07, 6.45) is 2.87. The lowest BCUT2D eigenvalue weighted by Gasteiger charge is -2.27. The molecule has 0 bridgehead atoms. The van der Waals surface area contributed by atoms with Gasteiger partial charge in [0.1, 0.15) is 5.01 Å². The fraction of sp³-hybridized carbons (Fsp3) is 0.185. The number of carbonyl (C=O) groups is 1. The van der Waals surface area contributed by atoms with Crippen LogP contribution in [0.15, 0.2) is 77.4 Å². The second-order valence-corrected chi connectivity index (χ2v) is 10.5. The summed E-state index contributed by atoms with van der Waals surface area (Å²) >= 11 is 3.49. The number of nitrogens with zero attached hydrogens (tertiary/aromatic N) is 2. The minimum Gasteiger partial charge on any atom is -0.461 e. The van der Waals surface area contributed by atoms with Gasteiger partial charge in [0.05, 0.1) is 16.5 Å². The summed E-state index contributed by atoms with van der Waals surface area (Å²) in [5, 5.41) is 1.02. The quantitative estimate of drug-likeness (QED) is 0.232. The summed E-state index contributed by atoms with van der Waals surface area (Å²) in [5.74, 6) is 0.435. The lowest BCUT2D eigenvalue weighted by Crippen LogP contribution is -2.29. The summed E-state index contributed by atoms with van der Waals surface area (Å²) in [4.78, 5) is 22.8. The van der Waals surface area contributed by atoms with Crippen LogP contribution in [0.25, 0.3) is 20.8 Å². The molecule has 0 saturated carbocycles. The van der Waals surface area contributed by atoms with Crippen molar-refractivity contribution in [3.63, 3.8) is 0 Å². The Morgan fingerprint density at radius 1 is 1.00 bits per heavy atom. The maximum atomic E-state index is 12.9. The molecule has 5 aromatic rings. The second-order valence-electron chi connectivity index (χ2n) is 8.31. The predicted octanol–water partition coefficient (Wildman–Crippen LogP) is 7.02. The fourth-order valence-corrected chi connectivity index (χ4v) is 7.04. The van der Waals surface area contributed by atoms with Gasteiger partial charge < -0.3 is 4.42 Å². The topological polar surface area (TPSA) is 46.3 Å². The van der Waals surface area contributed by atoms with E-state index >= 15 is 0 Å². The molecule has 2 aromatic carbocycles. The van der Waals surface area contributed by atoms with Crippen molar-refractivity contribution >= 4 is 51.1 Å². The SMILES string of the molecule is Cl.O=C(Cc1sc2c(c1-c1nc3ccccc3s1)CCN(Cc1ccccc1)C2)c1ccco1. The van der Waals surface area contributed by atoms with Crippen LogP contribution in [0, 0.1) is 0 Å². The van der Waals surface area contributed by atoms with E-state index in [0.29, 0.717) is 12.2 Å². The van der Waals surface area contributed by atoms with Gasteiger partial charge in [0, 0.05) is 41.4 Å². The molecule has 3 aromatic heterocycles. The van der Waals surface area contributed by atoms with Gasteiger partial charge in [-0.25, -0.2) is 4.98 Å². The highest BCUT2D eigenvalue weighted by molar-refractivity contribution is 7.22. The van der Waals surface area contributed by atoms with Crippen LogP contribution in [0.4, 0.5) is 0 Å². The van der Waals surface area contributed by atoms with Gasteiger partial charge in [-0.1, -0.05) is 42.5 Å². The highest BCUT2D eigenvalue weighted by Crippen LogP contribution is 2.43. The maximum Gasteiger partial charge on any atom is 0.203 e. The maximum absolute atomic E-state index is 12.9. The average Bonchev–Trinajstić information content (AvgIpc) is 3.57. The largest absolute Gasteiger partial charge is 0.461 e. The van der Waals surface area contributed by atoms with Crippen molar-refractivity contribution in [2.24, 2.45) is 0 Å². The number of furan rings is 1. The van der Waals surface area contributed by atoms with Crippen molar-refractivity contribution in [2.75, 3.05) is 6.54 Å².